The third-order valence-electron chi connectivity index (χ3n) is 3.50. The highest BCUT2D eigenvalue weighted by molar-refractivity contribution is 6.11. The average Bonchev–Trinajstić information content (AvgIpc) is 3.12. The molecule has 1 N–H and O–H groups in total. The Hall–Kier alpha value is -3.03. The number of aromatic nitrogens is 5. The molecule has 3 aromatic rings. The molecule has 3 rings (SSSR count). The van der Waals surface area contributed by atoms with Crippen LogP contribution in [0.3, 0.4) is 0 Å². The van der Waals surface area contributed by atoms with Gasteiger partial charge >= 0.3 is 5.97 Å². The summed E-state index contributed by atoms with van der Waals surface area (Å²) in [5.74, 6) is -0.819. The van der Waals surface area contributed by atoms with Gasteiger partial charge in [-0.3, -0.25) is 9.59 Å². The third kappa shape index (κ3) is 2.96. The van der Waals surface area contributed by atoms with Crippen LogP contribution in [-0.2, 0) is 16.1 Å². The van der Waals surface area contributed by atoms with Gasteiger partial charge in [0.1, 0.15) is 12.9 Å². The van der Waals surface area contributed by atoms with Crippen LogP contribution in [0.1, 0.15) is 23.0 Å². The van der Waals surface area contributed by atoms with Crippen molar-refractivity contribution in [2.45, 2.75) is 26.5 Å². The molecule has 8 heteroatoms. The van der Waals surface area contributed by atoms with E-state index in [0.717, 1.165) is 16.6 Å². The van der Waals surface area contributed by atoms with Gasteiger partial charge in [0, 0.05) is 22.2 Å². The Balaban J connectivity index is 1.76. The number of para-hydroxylation sites is 1. The monoisotopic (exact) mass is 313 g/mol. The molecule has 0 amide bonds. The fraction of sp³-hybridized carbons (Fsp3) is 0.267. The van der Waals surface area contributed by atoms with Gasteiger partial charge in [-0.1, -0.05) is 18.2 Å². The predicted molar refractivity (Wildman–Crippen MR) is 80.7 cm³/mol. The molecule has 0 saturated carbocycles. The average molecular weight is 313 g/mol. The van der Waals surface area contributed by atoms with Gasteiger partial charge in [0.25, 0.3) is 0 Å². The maximum absolute atomic E-state index is 12.6. The van der Waals surface area contributed by atoms with E-state index in [4.69, 9.17) is 4.74 Å². The number of hydrogen-bond donors (Lipinski definition) is 1. The van der Waals surface area contributed by atoms with Crippen LogP contribution in [0.4, 0.5) is 0 Å². The molecule has 0 aliphatic carbocycles. The number of aryl methyl sites for hydroxylation is 1. The highest BCUT2D eigenvalue weighted by atomic mass is 16.5. The van der Waals surface area contributed by atoms with Crippen LogP contribution in [0, 0.1) is 6.92 Å². The van der Waals surface area contributed by atoms with Crippen molar-refractivity contribution in [3.63, 3.8) is 0 Å². The quantitative estimate of drug-likeness (QED) is 0.562. The summed E-state index contributed by atoms with van der Waals surface area (Å²) >= 11 is 0. The summed E-state index contributed by atoms with van der Waals surface area (Å²) in [6.45, 7) is 3.24. The molecule has 0 aliphatic heterocycles. The van der Waals surface area contributed by atoms with Gasteiger partial charge in [-0.15, -0.1) is 5.10 Å². The number of nitrogens with one attached hydrogen (secondary N) is 1. The van der Waals surface area contributed by atoms with E-state index in [0.29, 0.717) is 5.56 Å². The first-order valence-corrected chi connectivity index (χ1v) is 7.08. The van der Waals surface area contributed by atoms with E-state index >= 15 is 0 Å². The Morgan fingerprint density at radius 3 is 2.87 bits per heavy atom. The van der Waals surface area contributed by atoms with Gasteiger partial charge in [-0.25, -0.2) is 4.68 Å². The minimum Gasteiger partial charge on any atom is -0.453 e. The number of tetrazole rings is 1. The standard InChI is InChI=1S/C15H15N5O3/c1-9-14(11-5-3-4-6-12(11)17-9)15(22)10(2)23-13(21)7-20-8-16-18-19-20/h3-6,8,10,17H,7H2,1-2H3/t10-/m1/s1. The number of esters is 1. The number of carbonyl (C=O) groups is 2. The van der Waals surface area contributed by atoms with E-state index in [1.165, 1.54) is 11.0 Å². The number of carbonyl (C=O) groups excluding carboxylic acids is 2. The van der Waals surface area contributed by atoms with Crippen LogP contribution in [0.15, 0.2) is 30.6 Å². The first-order valence-electron chi connectivity index (χ1n) is 7.08. The SMILES string of the molecule is Cc1[nH]c2ccccc2c1C(=O)[C@@H](C)OC(=O)Cn1cnnn1. The number of fused-ring (bicyclic) bond motifs is 1. The van der Waals surface area contributed by atoms with Gasteiger partial charge in [-0.05, 0) is 30.3 Å². The third-order valence-corrected chi connectivity index (χ3v) is 3.50. The number of ether oxygens (including phenoxy) is 1. The van der Waals surface area contributed by atoms with E-state index < -0.39 is 12.1 Å². The van der Waals surface area contributed by atoms with Crippen LogP contribution in [-0.4, -0.2) is 43.0 Å². The number of nitrogens with zero attached hydrogens (tertiary/aromatic N) is 4. The van der Waals surface area contributed by atoms with Gasteiger partial charge in [0.15, 0.2) is 6.10 Å². The van der Waals surface area contributed by atoms with Gasteiger partial charge in [-0.2, -0.15) is 0 Å². The molecule has 118 valence electrons. The molecule has 0 aliphatic rings. The molecule has 23 heavy (non-hydrogen) atoms. The van der Waals surface area contributed by atoms with E-state index in [-0.39, 0.29) is 12.3 Å². The first kappa shape index (κ1) is 14.9. The van der Waals surface area contributed by atoms with Crippen molar-refractivity contribution in [3.05, 3.63) is 41.9 Å². The molecule has 0 saturated heterocycles. The maximum Gasteiger partial charge on any atom is 0.328 e. The molecular weight excluding hydrogens is 298 g/mol. The van der Waals surface area contributed by atoms with Gasteiger partial charge in [0.05, 0.1) is 0 Å². The lowest BCUT2D eigenvalue weighted by Crippen LogP contribution is -2.27. The Kier molecular flexibility index (Phi) is 3.88. The number of H-pyrrole nitrogens is 1. The van der Waals surface area contributed by atoms with Crippen molar-refractivity contribution in [2.24, 2.45) is 0 Å². The number of benzene rings is 1. The van der Waals surface area contributed by atoms with Crippen molar-refractivity contribution in [3.8, 4) is 0 Å². The minimum atomic E-state index is -0.892. The second-order valence-electron chi connectivity index (χ2n) is 5.17. The zero-order chi connectivity index (χ0) is 16.4. The van der Waals surface area contributed by atoms with E-state index in [2.05, 4.69) is 20.5 Å². The lowest BCUT2D eigenvalue weighted by atomic mass is 10.0. The Labute approximate surface area is 131 Å². The summed E-state index contributed by atoms with van der Waals surface area (Å²) in [6, 6.07) is 7.51. The van der Waals surface area contributed by atoms with Gasteiger partial charge < -0.3 is 9.72 Å². The van der Waals surface area contributed by atoms with Crippen molar-refractivity contribution in [1.82, 2.24) is 25.2 Å². The van der Waals surface area contributed by atoms with Crippen molar-refractivity contribution in [2.75, 3.05) is 0 Å². The number of rotatable bonds is 5. The predicted octanol–water partition coefficient (Wildman–Crippen LogP) is 1.28. The molecule has 2 heterocycles. The molecular formula is C15H15N5O3. The topological polar surface area (TPSA) is 103 Å². The summed E-state index contributed by atoms with van der Waals surface area (Å²) in [7, 11) is 0. The van der Waals surface area contributed by atoms with Gasteiger partial charge in [0.2, 0.25) is 5.78 Å². The molecule has 1 atom stereocenters. The largest absolute Gasteiger partial charge is 0.453 e. The summed E-state index contributed by atoms with van der Waals surface area (Å²) in [6.07, 6.45) is 0.411. The summed E-state index contributed by atoms with van der Waals surface area (Å²) in [5.41, 5.74) is 2.17. The second kappa shape index (κ2) is 5.99. The molecule has 0 unspecified atom stereocenters. The number of ketones is 1. The summed E-state index contributed by atoms with van der Waals surface area (Å²) in [4.78, 5) is 27.6. The first-order chi connectivity index (χ1) is 11.1. The van der Waals surface area contributed by atoms with E-state index in [1.807, 2.05) is 31.2 Å². The van der Waals surface area contributed by atoms with Crippen LogP contribution >= 0.6 is 0 Å². The smallest absolute Gasteiger partial charge is 0.328 e. The van der Waals surface area contributed by atoms with E-state index in [1.54, 1.807) is 6.92 Å². The molecule has 0 bridgehead atoms. The summed E-state index contributed by atoms with van der Waals surface area (Å²) < 4.78 is 6.43. The fourth-order valence-corrected chi connectivity index (χ4v) is 2.47. The highest BCUT2D eigenvalue weighted by Crippen LogP contribution is 2.23. The number of Topliss-reactive ketones (excluding diaryl/α,β-unsaturated/α-hetero) is 1. The number of hydrogen-bond acceptors (Lipinski definition) is 6. The van der Waals surface area contributed by atoms with Crippen molar-refractivity contribution in [1.29, 1.82) is 0 Å². The van der Waals surface area contributed by atoms with Crippen LogP contribution in [0.25, 0.3) is 10.9 Å². The molecule has 1 aromatic carbocycles. The molecule has 0 radical (unpaired) electrons. The lowest BCUT2D eigenvalue weighted by Gasteiger charge is -2.12. The zero-order valence-electron chi connectivity index (χ0n) is 12.7. The van der Waals surface area contributed by atoms with Crippen LogP contribution in [0.2, 0.25) is 0 Å². The Morgan fingerprint density at radius 1 is 1.35 bits per heavy atom. The molecule has 8 nitrogen and oxygen atoms in total. The molecule has 0 fully saturated rings. The van der Waals surface area contributed by atoms with Crippen molar-refractivity contribution >= 4 is 22.7 Å². The molecule has 2 aromatic heterocycles. The maximum atomic E-state index is 12.6. The molecule has 0 spiro atoms. The fourth-order valence-electron chi connectivity index (χ4n) is 2.47. The van der Waals surface area contributed by atoms with E-state index in [9.17, 15) is 9.59 Å². The Morgan fingerprint density at radius 2 is 2.13 bits per heavy atom. The highest BCUT2D eigenvalue weighted by Gasteiger charge is 2.24. The lowest BCUT2D eigenvalue weighted by molar-refractivity contribution is -0.147. The Bertz CT molecular complexity index is 853. The van der Waals surface area contributed by atoms with Crippen LogP contribution < -0.4 is 0 Å². The normalized spacial score (nSPS) is 12.3. The second-order valence-corrected chi connectivity index (χ2v) is 5.17. The van der Waals surface area contributed by atoms with Crippen molar-refractivity contribution < 1.29 is 14.3 Å². The zero-order valence-corrected chi connectivity index (χ0v) is 12.7. The van der Waals surface area contributed by atoms with Crippen LogP contribution in [0.5, 0.6) is 0 Å². The minimum absolute atomic E-state index is 0.141. The number of aromatic amines is 1. The summed E-state index contributed by atoms with van der Waals surface area (Å²) in [5, 5.41) is 11.3.